The molecule has 198 valence electrons. The van der Waals surface area contributed by atoms with Crippen molar-refractivity contribution in [3.8, 4) is 11.5 Å². The Hall–Kier alpha value is -4.40. The molecule has 1 aromatic heterocycles. The van der Waals surface area contributed by atoms with E-state index in [1.165, 1.54) is 0 Å². The predicted molar refractivity (Wildman–Crippen MR) is 145 cm³/mol. The number of fused-ring (bicyclic) bond motifs is 1. The summed E-state index contributed by atoms with van der Waals surface area (Å²) in [5, 5.41) is 11.4. The molecule has 38 heavy (non-hydrogen) atoms. The highest BCUT2D eigenvalue weighted by Gasteiger charge is 2.34. The van der Waals surface area contributed by atoms with Crippen LogP contribution in [0.4, 0.5) is 0 Å². The van der Waals surface area contributed by atoms with Crippen LogP contribution in [0, 0.1) is 0 Å². The van der Waals surface area contributed by atoms with Crippen molar-refractivity contribution in [2.24, 2.45) is 0 Å². The van der Waals surface area contributed by atoms with Gasteiger partial charge in [-0.2, -0.15) is 0 Å². The maximum absolute atomic E-state index is 14.0. The molecule has 9 nitrogen and oxygen atoms in total. The van der Waals surface area contributed by atoms with Crippen LogP contribution in [0.5, 0.6) is 11.5 Å². The fraction of sp³-hybridized carbons (Fsp3) is 0.310. The highest BCUT2D eigenvalue weighted by molar-refractivity contribution is 5.89. The summed E-state index contributed by atoms with van der Waals surface area (Å²) in [7, 11) is 3.17. The summed E-state index contributed by atoms with van der Waals surface area (Å²) in [6.45, 7) is 5.83. The van der Waals surface area contributed by atoms with Crippen molar-refractivity contribution in [2.75, 3.05) is 14.2 Å². The molecule has 0 saturated carbocycles. The summed E-state index contributed by atoms with van der Waals surface area (Å²) in [5.41, 5.74) is 2.40. The smallest absolute Gasteiger partial charge is 0.247 e. The van der Waals surface area contributed by atoms with Gasteiger partial charge in [0.1, 0.15) is 29.6 Å². The van der Waals surface area contributed by atoms with E-state index in [0.717, 1.165) is 11.1 Å². The van der Waals surface area contributed by atoms with E-state index < -0.39 is 11.6 Å². The zero-order valence-corrected chi connectivity index (χ0v) is 22.3. The zero-order valence-electron chi connectivity index (χ0n) is 22.3. The quantitative estimate of drug-likeness (QED) is 0.360. The summed E-state index contributed by atoms with van der Waals surface area (Å²) in [6, 6.07) is 21.2. The average Bonchev–Trinajstić information content (AvgIpc) is 3.30. The third-order valence-electron chi connectivity index (χ3n) is 6.01. The molecule has 0 aliphatic heterocycles. The van der Waals surface area contributed by atoms with Gasteiger partial charge in [-0.15, -0.1) is 5.10 Å². The van der Waals surface area contributed by atoms with Crippen LogP contribution in [0.2, 0.25) is 0 Å². The molecule has 0 aliphatic rings. The van der Waals surface area contributed by atoms with E-state index in [4.69, 9.17) is 9.47 Å². The maximum Gasteiger partial charge on any atom is 0.247 e. The molecule has 0 radical (unpaired) electrons. The number of hydrogen-bond donors (Lipinski definition) is 1. The second-order valence-electron chi connectivity index (χ2n) is 10.0. The highest BCUT2D eigenvalue weighted by atomic mass is 16.5. The predicted octanol–water partition coefficient (Wildman–Crippen LogP) is 4.13. The van der Waals surface area contributed by atoms with E-state index >= 15 is 0 Å². The Bertz CT molecular complexity index is 1410. The number of benzene rings is 3. The van der Waals surface area contributed by atoms with Gasteiger partial charge in [0.15, 0.2) is 0 Å². The SMILES string of the molecule is COc1ccc(CN(C(=O)Cn2nnc3ccccc32)[C@@H](C(=O)NC(C)(C)C)c2cccc(OC)c2)cc1. The van der Waals surface area contributed by atoms with Crippen LogP contribution in [0.3, 0.4) is 0 Å². The first-order valence-electron chi connectivity index (χ1n) is 12.3. The van der Waals surface area contributed by atoms with Gasteiger partial charge in [0.25, 0.3) is 0 Å². The van der Waals surface area contributed by atoms with Crippen LogP contribution >= 0.6 is 0 Å². The second-order valence-corrected chi connectivity index (χ2v) is 10.0. The van der Waals surface area contributed by atoms with Crippen molar-refractivity contribution in [2.45, 2.75) is 45.4 Å². The van der Waals surface area contributed by atoms with Crippen molar-refractivity contribution >= 4 is 22.8 Å². The summed E-state index contributed by atoms with van der Waals surface area (Å²) < 4.78 is 12.3. The normalized spacial score (nSPS) is 12.1. The number of carbonyl (C=O) groups excluding carboxylic acids is 2. The summed E-state index contributed by atoms with van der Waals surface area (Å²) in [5.74, 6) is 0.718. The number of amides is 2. The maximum atomic E-state index is 14.0. The topological polar surface area (TPSA) is 98.6 Å². The van der Waals surface area contributed by atoms with E-state index in [-0.39, 0.29) is 24.9 Å². The van der Waals surface area contributed by atoms with Gasteiger partial charge in [0.2, 0.25) is 11.8 Å². The molecule has 1 atom stereocenters. The summed E-state index contributed by atoms with van der Waals surface area (Å²) >= 11 is 0. The molecule has 3 aromatic carbocycles. The number of rotatable bonds is 9. The van der Waals surface area contributed by atoms with Crippen LogP contribution in [0.1, 0.15) is 37.9 Å². The van der Waals surface area contributed by atoms with Crippen LogP contribution in [0.25, 0.3) is 11.0 Å². The van der Waals surface area contributed by atoms with Gasteiger partial charge in [-0.25, -0.2) is 4.68 Å². The summed E-state index contributed by atoms with van der Waals surface area (Å²) in [6.07, 6.45) is 0. The molecule has 1 N–H and O–H groups in total. The Labute approximate surface area is 222 Å². The number of hydrogen-bond acceptors (Lipinski definition) is 6. The minimum absolute atomic E-state index is 0.0834. The molecule has 0 aliphatic carbocycles. The molecule has 0 bridgehead atoms. The summed E-state index contributed by atoms with van der Waals surface area (Å²) in [4.78, 5) is 29.4. The second kappa shape index (κ2) is 11.3. The molecule has 0 fully saturated rings. The van der Waals surface area contributed by atoms with Gasteiger partial charge in [0, 0.05) is 12.1 Å². The minimum Gasteiger partial charge on any atom is -0.497 e. The lowest BCUT2D eigenvalue weighted by molar-refractivity contribution is -0.142. The Morgan fingerprint density at radius 3 is 2.34 bits per heavy atom. The Morgan fingerprint density at radius 2 is 1.66 bits per heavy atom. The van der Waals surface area contributed by atoms with Crippen molar-refractivity contribution in [1.82, 2.24) is 25.2 Å². The lowest BCUT2D eigenvalue weighted by Crippen LogP contribution is -2.49. The molecule has 0 unspecified atom stereocenters. The largest absolute Gasteiger partial charge is 0.497 e. The van der Waals surface area contributed by atoms with Gasteiger partial charge in [-0.1, -0.05) is 41.6 Å². The lowest BCUT2D eigenvalue weighted by Gasteiger charge is -2.34. The number of carbonyl (C=O) groups is 2. The fourth-order valence-corrected chi connectivity index (χ4v) is 4.23. The molecular formula is C29H33N5O4. The highest BCUT2D eigenvalue weighted by Crippen LogP contribution is 2.28. The van der Waals surface area contributed by atoms with Crippen molar-refractivity contribution in [3.05, 3.63) is 83.9 Å². The van der Waals surface area contributed by atoms with Crippen molar-refractivity contribution in [3.63, 3.8) is 0 Å². The molecule has 4 aromatic rings. The van der Waals surface area contributed by atoms with Crippen LogP contribution < -0.4 is 14.8 Å². The Morgan fingerprint density at radius 1 is 0.947 bits per heavy atom. The number of aromatic nitrogens is 3. The number of nitrogens with zero attached hydrogens (tertiary/aromatic N) is 4. The van der Waals surface area contributed by atoms with E-state index in [2.05, 4.69) is 15.6 Å². The Kier molecular flexibility index (Phi) is 7.95. The fourth-order valence-electron chi connectivity index (χ4n) is 4.23. The van der Waals surface area contributed by atoms with E-state index in [1.807, 2.05) is 81.4 Å². The lowest BCUT2D eigenvalue weighted by atomic mass is 10.0. The first-order chi connectivity index (χ1) is 18.2. The zero-order chi connectivity index (χ0) is 27.3. The van der Waals surface area contributed by atoms with Crippen molar-refractivity contribution in [1.29, 1.82) is 0 Å². The number of ether oxygens (including phenoxy) is 2. The molecule has 2 amide bonds. The number of methoxy groups -OCH3 is 2. The standard InChI is InChI=1S/C29H33N5O4/c1-29(2,3)30-28(36)27(21-9-8-10-23(17-21)38-5)33(18-20-13-15-22(37-4)16-14-20)26(35)19-34-25-12-7-6-11-24(25)31-32-34/h6-17,27H,18-19H2,1-5H3,(H,30,36)/t27-/m1/s1. The molecule has 0 saturated heterocycles. The van der Waals surface area contributed by atoms with Crippen molar-refractivity contribution < 1.29 is 19.1 Å². The average molecular weight is 516 g/mol. The third-order valence-corrected chi connectivity index (χ3v) is 6.01. The van der Waals surface area contributed by atoms with Gasteiger partial charge < -0.3 is 19.7 Å². The van der Waals surface area contributed by atoms with Gasteiger partial charge >= 0.3 is 0 Å². The third kappa shape index (κ3) is 6.29. The molecule has 0 spiro atoms. The number of nitrogens with one attached hydrogen (secondary N) is 1. The monoisotopic (exact) mass is 515 g/mol. The minimum atomic E-state index is -0.922. The van der Waals surface area contributed by atoms with E-state index in [9.17, 15) is 9.59 Å². The van der Waals surface area contributed by atoms with Crippen LogP contribution in [-0.2, 0) is 22.7 Å². The van der Waals surface area contributed by atoms with E-state index in [1.54, 1.807) is 35.9 Å². The Balaban J connectivity index is 1.78. The number of para-hydroxylation sites is 1. The first-order valence-corrected chi connectivity index (χ1v) is 12.3. The molecule has 1 heterocycles. The van der Waals surface area contributed by atoms with Crippen LogP contribution in [-0.4, -0.2) is 51.5 Å². The first kappa shape index (κ1) is 26.7. The molecule has 9 heteroatoms. The van der Waals surface area contributed by atoms with Gasteiger partial charge in [0.05, 0.1) is 19.7 Å². The van der Waals surface area contributed by atoms with Gasteiger partial charge in [-0.05, 0) is 68.3 Å². The van der Waals surface area contributed by atoms with E-state index in [0.29, 0.717) is 22.6 Å². The van der Waals surface area contributed by atoms with Gasteiger partial charge in [-0.3, -0.25) is 9.59 Å². The van der Waals surface area contributed by atoms with Crippen LogP contribution in [0.15, 0.2) is 72.8 Å². The molecular weight excluding hydrogens is 482 g/mol. The molecule has 4 rings (SSSR count).